The van der Waals surface area contributed by atoms with Gasteiger partial charge in [-0.2, -0.15) is 0 Å². The minimum atomic E-state index is -3.03. The second-order valence-corrected chi connectivity index (χ2v) is 7.37. The molecule has 1 fully saturated rings. The molecule has 1 N–H and O–H groups in total. The van der Waals surface area contributed by atoms with Gasteiger partial charge in [-0.1, -0.05) is 22.0 Å². The highest BCUT2D eigenvalue weighted by Gasteiger charge is 2.30. The van der Waals surface area contributed by atoms with E-state index in [-0.39, 0.29) is 29.4 Å². The molecule has 1 heterocycles. The molecule has 6 heteroatoms. The molecular formula is C11H13BrFNO2S. The summed E-state index contributed by atoms with van der Waals surface area (Å²) in [5, 5.41) is 3.22. The fraction of sp³-hybridized carbons (Fsp3) is 0.455. The Balaban J connectivity index is 2.33. The third kappa shape index (κ3) is 3.05. The van der Waals surface area contributed by atoms with E-state index in [9.17, 15) is 12.8 Å². The maximum absolute atomic E-state index is 13.0. The second-order valence-electron chi connectivity index (χ2n) is 4.36. The number of sulfone groups is 1. The molecule has 1 saturated heterocycles. The van der Waals surface area contributed by atoms with E-state index in [1.807, 2.05) is 6.92 Å². The predicted molar refractivity (Wildman–Crippen MR) is 68.1 cm³/mol. The summed E-state index contributed by atoms with van der Waals surface area (Å²) in [6, 6.07) is 3.94. The Morgan fingerprint density at radius 3 is 2.71 bits per heavy atom. The molecule has 17 heavy (non-hydrogen) atoms. The lowest BCUT2D eigenvalue weighted by molar-refractivity contribution is 0.467. The molecule has 0 amide bonds. The highest BCUT2D eigenvalue weighted by atomic mass is 79.9. The van der Waals surface area contributed by atoms with E-state index >= 15 is 0 Å². The molecule has 3 nitrogen and oxygen atoms in total. The molecule has 94 valence electrons. The summed E-state index contributed by atoms with van der Waals surface area (Å²) in [6.07, 6.45) is 0. The van der Waals surface area contributed by atoms with Crippen LogP contribution in [0.15, 0.2) is 22.7 Å². The molecule has 0 radical (unpaired) electrons. The molecule has 0 aliphatic carbocycles. The lowest BCUT2D eigenvalue weighted by Crippen LogP contribution is -2.45. The van der Waals surface area contributed by atoms with E-state index in [2.05, 4.69) is 21.2 Å². The third-order valence-electron chi connectivity index (χ3n) is 2.75. The van der Waals surface area contributed by atoms with Gasteiger partial charge in [0.15, 0.2) is 9.84 Å². The molecule has 1 aromatic rings. The van der Waals surface area contributed by atoms with Crippen molar-refractivity contribution in [3.8, 4) is 0 Å². The van der Waals surface area contributed by atoms with Crippen LogP contribution in [0.5, 0.6) is 0 Å². The number of nitrogens with one attached hydrogen (secondary N) is 1. The van der Waals surface area contributed by atoms with E-state index in [0.29, 0.717) is 4.47 Å². The summed E-state index contributed by atoms with van der Waals surface area (Å²) < 4.78 is 37.0. The van der Waals surface area contributed by atoms with Crippen LogP contribution in [0.4, 0.5) is 4.39 Å². The first-order chi connectivity index (χ1) is 7.87. The van der Waals surface area contributed by atoms with Gasteiger partial charge in [0.2, 0.25) is 0 Å². The Hall–Kier alpha value is -0.460. The van der Waals surface area contributed by atoms with Gasteiger partial charge in [-0.25, -0.2) is 12.8 Å². The monoisotopic (exact) mass is 321 g/mol. The lowest BCUT2D eigenvalue weighted by atomic mass is 10.1. The van der Waals surface area contributed by atoms with Gasteiger partial charge >= 0.3 is 0 Å². The van der Waals surface area contributed by atoms with Crippen molar-refractivity contribution in [1.82, 2.24) is 5.32 Å². The molecule has 0 spiro atoms. The fourth-order valence-electron chi connectivity index (χ4n) is 2.11. The Morgan fingerprint density at radius 2 is 2.12 bits per heavy atom. The molecule has 2 rings (SSSR count). The van der Waals surface area contributed by atoms with Gasteiger partial charge in [0.05, 0.1) is 11.5 Å². The van der Waals surface area contributed by atoms with Crippen molar-refractivity contribution in [1.29, 1.82) is 0 Å². The van der Waals surface area contributed by atoms with Gasteiger partial charge in [0, 0.05) is 16.6 Å². The predicted octanol–water partition coefficient (Wildman–Crippen LogP) is 2.04. The Morgan fingerprint density at radius 1 is 1.41 bits per heavy atom. The van der Waals surface area contributed by atoms with Crippen LogP contribution in [0.1, 0.15) is 18.5 Å². The first-order valence-electron chi connectivity index (χ1n) is 5.29. The van der Waals surface area contributed by atoms with E-state index in [4.69, 9.17) is 0 Å². The van der Waals surface area contributed by atoms with Crippen molar-refractivity contribution in [3.05, 3.63) is 34.1 Å². The Kier molecular flexibility index (Phi) is 3.56. The molecule has 0 aromatic heterocycles. The average Bonchev–Trinajstić information content (AvgIpc) is 2.13. The topological polar surface area (TPSA) is 46.2 Å². The van der Waals surface area contributed by atoms with Crippen LogP contribution in [0, 0.1) is 5.82 Å². The third-order valence-corrected chi connectivity index (χ3v) is 5.28. The zero-order valence-electron chi connectivity index (χ0n) is 9.28. The maximum Gasteiger partial charge on any atom is 0.153 e. The van der Waals surface area contributed by atoms with Gasteiger partial charge in [0.1, 0.15) is 5.82 Å². The summed E-state index contributed by atoms with van der Waals surface area (Å²) in [5.41, 5.74) is 0.779. The number of halogens is 2. The summed E-state index contributed by atoms with van der Waals surface area (Å²) in [6.45, 7) is 1.83. The fourth-order valence-corrected chi connectivity index (χ4v) is 4.51. The zero-order chi connectivity index (χ0) is 12.6. The van der Waals surface area contributed by atoms with Crippen LogP contribution >= 0.6 is 15.9 Å². The van der Waals surface area contributed by atoms with E-state index < -0.39 is 9.84 Å². The molecule has 0 saturated carbocycles. The van der Waals surface area contributed by atoms with Gasteiger partial charge < -0.3 is 5.32 Å². The largest absolute Gasteiger partial charge is 0.306 e. The van der Waals surface area contributed by atoms with Crippen LogP contribution in [-0.4, -0.2) is 26.0 Å². The maximum atomic E-state index is 13.0. The number of benzene rings is 1. The number of hydrogen-bond acceptors (Lipinski definition) is 3. The minimum absolute atomic E-state index is 0.0571. The van der Waals surface area contributed by atoms with Gasteiger partial charge in [-0.15, -0.1) is 0 Å². The van der Waals surface area contributed by atoms with E-state index in [1.54, 1.807) is 6.07 Å². The van der Waals surface area contributed by atoms with Gasteiger partial charge in [0.25, 0.3) is 0 Å². The lowest BCUT2D eigenvalue weighted by Gasteiger charge is -2.29. The highest BCUT2D eigenvalue weighted by molar-refractivity contribution is 9.10. The average molecular weight is 322 g/mol. The molecular weight excluding hydrogens is 309 g/mol. The van der Waals surface area contributed by atoms with E-state index in [1.165, 1.54) is 12.1 Å². The van der Waals surface area contributed by atoms with Gasteiger partial charge in [-0.3, -0.25) is 0 Å². The number of rotatable bonds is 1. The van der Waals surface area contributed by atoms with Crippen molar-refractivity contribution in [2.75, 3.05) is 11.5 Å². The first-order valence-corrected chi connectivity index (χ1v) is 7.90. The summed E-state index contributed by atoms with van der Waals surface area (Å²) in [5.74, 6) is -0.128. The van der Waals surface area contributed by atoms with Crippen molar-refractivity contribution < 1.29 is 12.8 Å². The number of hydrogen-bond donors (Lipinski definition) is 1. The molecule has 1 aliphatic rings. The molecule has 1 aliphatic heterocycles. The SMILES string of the molecule is CC1CS(=O)(=O)CC(c2ccc(F)cc2Br)N1. The molecule has 1 aromatic carbocycles. The zero-order valence-corrected chi connectivity index (χ0v) is 11.7. The van der Waals surface area contributed by atoms with Crippen LogP contribution < -0.4 is 5.32 Å². The Labute approximate surface area is 108 Å². The summed E-state index contributed by atoms with van der Waals surface area (Å²) in [7, 11) is -3.03. The van der Waals surface area contributed by atoms with E-state index in [0.717, 1.165) is 5.56 Å². The highest BCUT2D eigenvalue weighted by Crippen LogP contribution is 2.28. The van der Waals surface area contributed by atoms with Crippen molar-refractivity contribution in [2.24, 2.45) is 0 Å². The molecule has 0 bridgehead atoms. The molecule has 2 atom stereocenters. The van der Waals surface area contributed by atoms with Crippen molar-refractivity contribution in [3.63, 3.8) is 0 Å². The smallest absolute Gasteiger partial charge is 0.153 e. The first kappa shape index (κ1) is 13.0. The van der Waals surface area contributed by atoms with Crippen LogP contribution in [0.25, 0.3) is 0 Å². The second kappa shape index (κ2) is 4.66. The van der Waals surface area contributed by atoms with Crippen molar-refractivity contribution >= 4 is 25.8 Å². The van der Waals surface area contributed by atoms with Crippen molar-refractivity contribution in [2.45, 2.75) is 19.0 Å². The van der Waals surface area contributed by atoms with Gasteiger partial charge in [-0.05, 0) is 24.6 Å². The van der Waals surface area contributed by atoms with Crippen LogP contribution in [-0.2, 0) is 9.84 Å². The summed E-state index contributed by atoms with van der Waals surface area (Å²) in [4.78, 5) is 0. The van der Waals surface area contributed by atoms with Crippen LogP contribution in [0.3, 0.4) is 0 Å². The summed E-state index contributed by atoms with van der Waals surface area (Å²) >= 11 is 3.27. The standard InChI is InChI=1S/C11H13BrFNO2S/c1-7-5-17(15,16)6-11(14-7)9-3-2-8(13)4-10(9)12/h2-4,7,11,14H,5-6H2,1H3. The van der Waals surface area contributed by atoms with Crippen LogP contribution in [0.2, 0.25) is 0 Å². The molecule has 2 unspecified atom stereocenters. The normalized spacial score (nSPS) is 27.9. The Bertz CT molecular complexity index is 532. The quantitative estimate of drug-likeness (QED) is 0.861. The minimum Gasteiger partial charge on any atom is -0.306 e.